The van der Waals surface area contributed by atoms with Crippen LogP contribution >= 0.6 is 11.6 Å². The Kier molecular flexibility index (Phi) is 6.11. The first-order valence-electron chi connectivity index (χ1n) is 6.06. The number of hydrogen-bond donors (Lipinski definition) is 0. The molecule has 0 amide bonds. The average Bonchev–Trinajstić information content (AvgIpc) is 2.29. The van der Waals surface area contributed by atoms with Crippen LogP contribution in [0.5, 0.6) is 0 Å². The maximum atomic E-state index is 13.0. The Hall–Kier alpha value is -1.11. The minimum Gasteiger partial charge on any atom is -0.298 e. The molecule has 1 aromatic carbocycles. The Bertz CT molecular complexity index is 426. The third kappa shape index (κ3) is 5.03. The molecule has 98 valence electrons. The maximum absolute atomic E-state index is 13.0. The first-order valence-corrected chi connectivity index (χ1v) is 6.44. The summed E-state index contributed by atoms with van der Waals surface area (Å²) < 4.78 is 13.0. The van der Waals surface area contributed by atoms with Gasteiger partial charge in [-0.2, -0.15) is 5.26 Å². The van der Waals surface area contributed by atoms with Crippen molar-refractivity contribution >= 4 is 11.6 Å². The van der Waals surface area contributed by atoms with Crippen LogP contribution in [0.4, 0.5) is 4.39 Å². The van der Waals surface area contributed by atoms with Crippen LogP contribution in [-0.4, -0.2) is 18.0 Å². The lowest BCUT2D eigenvalue weighted by Gasteiger charge is -2.23. The second-order valence-electron chi connectivity index (χ2n) is 4.77. The van der Waals surface area contributed by atoms with E-state index in [1.165, 1.54) is 12.1 Å². The van der Waals surface area contributed by atoms with Crippen molar-refractivity contribution in [1.29, 1.82) is 5.26 Å². The summed E-state index contributed by atoms with van der Waals surface area (Å²) in [6.45, 7) is 6.52. The molecule has 0 spiro atoms. The molecular formula is C14H18ClFN2. The molecule has 0 aliphatic rings. The molecule has 0 aliphatic carbocycles. The van der Waals surface area contributed by atoms with Crippen molar-refractivity contribution in [3.8, 4) is 6.07 Å². The molecule has 0 aliphatic heterocycles. The van der Waals surface area contributed by atoms with E-state index in [0.29, 0.717) is 30.5 Å². The molecule has 4 heteroatoms. The quantitative estimate of drug-likeness (QED) is 0.784. The molecule has 18 heavy (non-hydrogen) atoms. The molecule has 0 N–H and O–H groups in total. The lowest BCUT2D eigenvalue weighted by molar-refractivity contribution is 0.241. The van der Waals surface area contributed by atoms with Crippen LogP contribution in [0.3, 0.4) is 0 Å². The predicted molar refractivity (Wildman–Crippen MR) is 71.8 cm³/mol. The van der Waals surface area contributed by atoms with Gasteiger partial charge < -0.3 is 0 Å². The molecular weight excluding hydrogens is 251 g/mol. The molecule has 2 nitrogen and oxygen atoms in total. The molecule has 0 aromatic heterocycles. The number of halogens is 2. The summed E-state index contributed by atoms with van der Waals surface area (Å²) in [6, 6.07) is 6.60. The molecule has 0 unspecified atom stereocenters. The van der Waals surface area contributed by atoms with E-state index in [4.69, 9.17) is 16.9 Å². The average molecular weight is 269 g/mol. The summed E-state index contributed by atoms with van der Waals surface area (Å²) in [6.07, 6.45) is 0.492. The van der Waals surface area contributed by atoms with Gasteiger partial charge >= 0.3 is 0 Å². The summed E-state index contributed by atoms with van der Waals surface area (Å²) in [4.78, 5) is 2.17. The molecule has 1 aromatic rings. The molecule has 0 atom stereocenters. The highest BCUT2D eigenvalue weighted by molar-refractivity contribution is 6.31. The van der Waals surface area contributed by atoms with Gasteiger partial charge in [-0.1, -0.05) is 31.5 Å². The van der Waals surface area contributed by atoms with Crippen molar-refractivity contribution in [3.05, 3.63) is 34.6 Å². The largest absolute Gasteiger partial charge is 0.298 e. The third-order valence-electron chi connectivity index (χ3n) is 2.57. The Morgan fingerprint density at radius 3 is 2.72 bits per heavy atom. The van der Waals surface area contributed by atoms with E-state index in [2.05, 4.69) is 24.8 Å². The lowest BCUT2D eigenvalue weighted by Crippen LogP contribution is -2.28. The van der Waals surface area contributed by atoms with Gasteiger partial charge in [0.1, 0.15) is 5.82 Å². The number of nitriles is 1. The zero-order valence-electron chi connectivity index (χ0n) is 10.8. The number of hydrogen-bond acceptors (Lipinski definition) is 2. The fraction of sp³-hybridized carbons (Fsp3) is 0.500. The van der Waals surface area contributed by atoms with E-state index in [1.54, 1.807) is 6.07 Å². The van der Waals surface area contributed by atoms with Gasteiger partial charge in [-0.25, -0.2) is 4.39 Å². The predicted octanol–water partition coefficient (Wildman–Crippen LogP) is 3.85. The van der Waals surface area contributed by atoms with Crippen LogP contribution < -0.4 is 0 Å². The second kappa shape index (κ2) is 7.35. The zero-order valence-corrected chi connectivity index (χ0v) is 11.5. The second-order valence-corrected chi connectivity index (χ2v) is 5.18. The summed E-state index contributed by atoms with van der Waals surface area (Å²) >= 11 is 6.01. The minimum atomic E-state index is -0.323. The van der Waals surface area contributed by atoms with Crippen LogP contribution in [0, 0.1) is 23.1 Å². The van der Waals surface area contributed by atoms with Crippen molar-refractivity contribution in [2.24, 2.45) is 5.92 Å². The van der Waals surface area contributed by atoms with Crippen molar-refractivity contribution < 1.29 is 4.39 Å². The van der Waals surface area contributed by atoms with Gasteiger partial charge in [0, 0.05) is 31.1 Å². The summed E-state index contributed by atoms with van der Waals surface area (Å²) in [5.41, 5.74) is 0.900. The monoisotopic (exact) mass is 268 g/mol. The van der Waals surface area contributed by atoms with Gasteiger partial charge in [-0.15, -0.1) is 0 Å². The van der Waals surface area contributed by atoms with Gasteiger partial charge in [0.25, 0.3) is 0 Å². The highest BCUT2D eigenvalue weighted by Gasteiger charge is 2.10. The highest BCUT2D eigenvalue weighted by atomic mass is 35.5. The Morgan fingerprint density at radius 2 is 2.17 bits per heavy atom. The summed E-state index contributed by atoms with van der Waals surface area (Å²) in [7, 11) is 0. The van der Waals surface area contributed by atoms with E-state index >= 15 is 0 Å². The number of nitrogens with zero attached hydrogens (tertiary/aromatic N) is 2. The van der Waals surface area contributed by atoms with Gasteiger partial charge in [-0.05, 0) is 23.6 Å². The smallest absolute Gasteiger partial charge is 0.124 e. The van der Waals surface area contributed by atoms with Crippen LogP contribution in [0.1, 0.15) is 25.8 Å². The number of rotatable bonds is 6. The normalized spacial score (nSPS) is 10.9. The van der Waals surface area contributed by atoms with Crippen LogP contribution in [0.25, 0.3) is 0 Å². The number of benzene rings is 1. The summed E-state index contributed by atoms with van der Waals surface area (Å²) in [5.74, 6) is 0.194. The van der Waals surface area contributed by atoms with Crippen LogP contribution in [0.2, 0.25) is 5.02 Å². The van der Waals surface area contributed by atoms with E-state index in [1.807, 2.05) is 0 Å². The van der Waals surface area contributed by atoms with E-state index in [0.717, 1.165) is 12.1 Å². The fourth-order valence-corrected chi connectivity index (χ4v) is 2.08. The first kappa shape index (κ1) is 14.9. The molecule has 0 bridgehead atoms. The summed E-state index contributed by atoms with van der Waals surface area (Å²) in [5, 5.41) is 9.10. The molecule has 1 rings (SSSR count). The van der Waals surface area contributed by atoms with E-state index < -0.39 is 0 Å². The molecule has 0 saturated heterocycles. The Labute approximate surface area is 113 Å². The molecule has 0 heterocycles. The molecule has 0 radical (unpaired) electrons. The topological polar surface area (TPSA) is 27.0 Å². The molecule has 0 saturated carbocycles. The van der Waals surface area contributed by atoms with E-state index in [-0.39, 0.29) is 5.82 Å². The van der Waals surface area contributed by atoms with Crippen molar-refractivity contribution in [2.45, 2.75) is 26.8 Å². The molecule has 0 fully saturated rings. The highest BCUT2D eigenvalue weighted by Crippen LogP contribution is 2.19. The van der Waals surface area contributed by atoms with Gasteiger partial charge in [-0.3, -0.25) is 4.90 Å². The van der Waals surface area contributed by atoms with Crippen molar-refractivity contribution in [3.63, 3.8) is 0 Å². The first-order chi connectivity index (χ1) is 8.52. The SMILES string of the molecule is CC(C)CN(CCC#N)Cc1ccc(F)cc1Cl. The standard InChI is InChI=1S/C14H18ClFN2/c1-11(2)9-18(7-3-6-17)10-12-4-5-13(16)8-14(12)15/h4-5,8,11H,3,7,9-10H2,1-2H3. The Balaban J connectivity index is 2.72. The maximum Gasteiger partial charge on any atom is 0.124 e. The van der Waals surface area contributed by atoms with Gasteiger partial charge in [0.15, 0.2) is 0 Å². The van der Waals surface area contributed by atoms with Gasteiger partial charge in [0.2, 0.25) is 0 Å². The fourth-order valence-electron chi connectivity index (χ4n) is 1.85. The van der Waals surface area contributed by atoms with Crippen molar-refractivity contribution in [2.75, 3.05) is 13.1 Å². The van der Waals surface area contributed by atoms with Crippen molar-refractivity contribution in [1.82, 2.24) is 4.90 Å². The minimum absolute atomic E-state index is 0.323. The lowest BCUT2D eigenvalue weighted by atomic mass is 10.1. The van der Waals surface area contributed by atoms with E-state index in [9.17, 15) is 4.39 Å². The Morgan fingerprint density at radius 1 is 1.44 bits per heavy atom. The third-order valence-corrected chi connectivity index (χ3v) is 2.92. The van der Waals surface area contributed by atoms with Gasteiger partial charge in [0.05, 0.1) is 6.07 Å². The zero-order chi connectivity index (χ0) is 13.5. The van der Waals surface area contributed by atoms with Crippen LogP contribution in [0.15, 0.2) is 18.2 Å². The van der Waals surface area contributed by atoms with Crippen LogP contribution in [-0.2, 0) is 6.54 Å².